The molecule has 0 saturated carbocycles. The molecule has 0 bridgehead atoms. The molecule has 24 heavy (non-hydrogen) atoms. The molecule has 0 fully saturated rings. The van der Waals surface area contributed by atoms with Crippen LogP contribution < -0.4 is 10.6 Å². The van der Waals surface area contributed by atoms with Gasteiger partial charge in [-0.1, -0.05) is 25.1 Å². The van der Waals surface area contributed by atoms with Gasteiger partial charge < -0.3 is 10.6 Å². The number of nitrogens with one attached hydrogen (secondary N) is 2. The predicted molar refractivity (Wildman–Crippen MR) is 98.3 cm³/mol. The number of halogens is 1. The largest absolute Gasteiger partial charge is 0.356 e. The van der Waals surface area contributed by atoms with Crippen molar-refractivity contribution < 1.29 is 12.8 Å². The summed E-state index contributed by atoms with van der Waals surface area (Å²) in [6.07, 6.45) is 1.93. The predicted octanol–water partition coefficient (Wildman–Crippen LogP) is 3.67. The second-order valence-corrected chi connectivity index (χ2v) is 7.83. The van der Waals surface area contributed by atoms with Crippen molar-refractivity contribution in [2.75, 3.05) is 11.6 Å². The van der Waals surface area contributed by atoms with E-state index in [0.717, 1.165) is 12.0 Å². The zero-order valence-corrected chi connectivity index (χ0v) is 15.0. The lowest BCUT2D eigenvalue weighted by Crippen LogP contribution is -2.32. The first-order valence-electron chi connectivity index (χ1n) is 7.42. The van der Waals surface area contributed by atoms with Crippen LogP contribution in [0.25, 0.3) is 0 Å². The molecule has 0 aliphatic heterocycles. The molecule has 7 heteroatoms. The molecule has 0 unspecified atom stereocenters. The van der Waals surface area contributed by atoms with Gasteiger partial charge in [-0.3, -0.25) is 0 Å². The first-order chi connectivity index (χ1) is 11.3. The average molecular weight is 366 g/mol. The van der Waals surface area contributed by atoms with E-state index in [-0.39, 0.29) is 16.8 Å². The van der Waals surface area contributed by atoms with Gasteiger partial charge in [0.1, 0.15) is 5.82 Å². The smallest absolute Gasteiger partial charge is 0.175 e. The van der Waals surface area contributed by atoms with Crippen molar-refractivity contribution in [3.63, 3.8) is 0 Å². The highest BCUT2D eigenvalue weighted by Gasteiger charge is 2.13. The van der Waals surface area contributed by atoms with E-state index in [1.807, 2.05) is 6.92 Å². The number of rotatable bonds is 5. The van der Waals surface area contributed by atoms with Crippen molar-refractivity contribution in [3.05, 3.63) is 59.9 Å². The molecule has 2 aromatic rings. The summed E-state index contributed by atoms with van der Waals surface area (Å²) < 4.78 is 36.2. The van der Waals surface area contributed by atoms with Crippen molar-refractivity contribution in [2.24, 2.45) is 0 Å². The molecule has 0 amide bonds. The Morgan fingerprint density at radius 2 is 1.88 bits per heavy atom. The van der Waals surface area contributed by atoms with Gasteiger partial charge in [0.2, 0.25) is 0 Å². The Bertz CT molecular complexity index is 821. The Labute approximate surface area is 147 Å². The van der Waals surface area contributed by atoms with Gasteiger partial charge in [-0.15, -0.1) is 0 Å². The Hall–Kier alpha value is -1.99. The molecule has 1 atom stereocenters. The first kappa shape index (κ1) is 18.4. The maximum Gasteiger partial charge on any atom is 0.175 e. The Balaban J connectivity index is 2.07. The Kier molecular flexibility index (Phi) is 5.90. The molecule has 2 N–H and O–H groups in total. The number of sulfone groups is 1. The molecule has 2 rings (SSSR count). The lowest BCUT2D eigenvalue weighted by molar-refractivity contribution is 0.601. The topological polar surface area (TPSA) is 58.2 Å². The fourth-order valence-electron chi connectivity index (χ4n) is 2.26. The number of hydrogen-bond acceptors (Lipinski definition) is 3. The minimum atomic E-state index is -3.21. The van der Waals surface area contributed by atoms with Crippen LogP contribution in [0.2, 0.25) is 0 Å². The molecule has 0 aliphatic rings. The molecule has 0 radical (unpaired) electrons. The fraction of sp³-hybridized carbons (Fsp3) is 0.235. The summed E-state index contributed by atoms with van der Waals surface area (Å²) >= 11 is 5.27. The number of thiocarbonyl (C=S) groups is 1. The molecular weight excluding hydrogens is 347 g/mol. The van der Waals surface area contributed by atoms with Crippen LogP contribution in [0.1, 0.15) is 24.9 Å². The van der Waals surface area contributed by atoms with Crippen LogP contribution in [0.15, 0.2) is 53.4 Å². The van der Waals surface area contributed by atoms with E-state index in [1.54, 1.807) is 36.4 Å². The third-order valence-corrected chi connectivity index (χ3v) is 4.86. The third kappa shape index (κ3) is 5.01. The highest BCUT2D eigenvalue weighted by molar-refractivity contribution is 7.90. The molecule has 128 valence electrons. The number of benzene rings is 2. The number of anilines is 1. The Morgan fingerprint density at radius 1 is 1.21 bits per heavy atom. The second kappa shape index (κ2) is 7.72. The number of hydrogen-bond donors (Lipinski definition) is 2. The van der Waals surface area contributed by atoms with Crippen LogP contribution in [0.5, 0.6) is 0 Å². The van der Waals surface area contributed by atoms with Crippen molar-refractivity contribution in [1.29, 1.82) is 0 Å². The monoisotopic (exact) mass is 366 g/mol. The highest BCUT2D eigenvalue weighted by atomic mass is 32.2. The maximum atomic E-state index is 13.2. The molecule has 0 saturated heterocycles. The highest BCUT2D eigenvalue weighted by Crippen LogP contribution is 2.19. The van der Waals surface area contributed by atoms with Crippen LogP contribution in [-0.4, -0.2) is 19.8 Å². The molecule has 0 aliphatic carbocycles. The van der Waals surface area contributed by atoms with Crippen LogP contribution >= 0.6 is 12.2 Å². The van der Waals surface area contributed by atoms with Gasteiger partial charge in [-0.2, -0.15) is 0 Å². The van der Waals surface area contributed by atoms with E-state index < -0.39 is 9.84 Å². The zero-order chi connectivity index (χ0) is 17.7. The van der Waals surface area contributed by atoms with Gasteiger partial charge >= 0.3 is 0 Å². The normalized spacial score (nSPS) is 12.5. The van der Waals surface area contributed by atoms with Crippen LogP contribution in [-0.2, 0) is 9.84 Å². The van der Waals surface area contributed by atoms with E-state index in [2.05, 4.69) is 10.6 Å². The van der Waals surface area contributed by atoms with Gasteiger partial charge in [-0.25, -0.2) is 12.8 Å². The Morgan fingerprint density at radius 3 is 2.42 bits per heavy atom. The van der Waals surface area contributed by atoms with Crippen molar-refractivity contribution in [2.45, 2.75) is 24.3 Å². The standard InChI is InChI=1S/C17H19FN2O2S2/c1-3-16(12-7-9-15(10-8-12)24(2,21)22)20-17(23)19-14-6-4-5-13(18)11-14/h4-11,16H,3H2,1-2H3,(H2,19,20,23)/t16-/m0/s1. The maximum absolute atomic E-state index is 13.2. The van der Waals surface area contributed by atoms with E-state index in [4.69, 9.17) is 12.2 Å². The molecule has 2 aromatic carbocycles. The van der Waals surface area contributed by atoms with E-state index >= 15 is 0 Å². The minimum absolute atomic E-state index is 0.0767. The van der Waals surface area contributed by atoms with E-state index in [1.165, 1.54) is 18.4 Å². The summed E-state index contributed by atoms with van der Waals surface area (Å²) in [6, 6.07) is 12.7. The van der Waals surface area contributed by atoms with E-state index in [0.29, 0.717) is 10.8 Å². The van der Waals surface area contributed by atoms with Gasteiger partial charge in [0.25, 0.3) is 0 Å². The van der Waals surface area contributed by atoms with Crippen molar-refractivity contribution in [3.8, 4) is 0 Å². The molecule has 0 spiro atoms. The zero-order valence-electron chi connectivity index (χ0n) is 13.4. The van der Waals surface area contributed by atoms with Crippen molar-refractivity contribution in [1.82, 2.24) is 5.32 Å². The summed E-state index contributed by atoms with van der Waals surface area (Å²) in [7, 11) is -3.21. The fourth-order valence-corrected chi connectivity index (χ4v) is 3.15. The summed E-state index contributed by atoms with van der Waals surface area (Å²) in [5, 5.41) is 6.47. The van der Waals surface area contributed by atoms with Crippen LogP contribution in [0.3, 0.4) is 0 Å². The lowest BCUT2D eigenvalue weighted by Gasteiger charge is -2.20. The molecule has 0 aromatic heterocycles. The first-order valence-corrected chi connectivity index (χ1v) is 9.72. The van der Waals surface area contributed by atoms with Gasteiger partial charge in [0, 0.05) is 11.9 Å². The van der Waals surface area contributed by atoms with E-state index in [9.17, 15) is 12.8 Å². The summed E-state index contributed by atoms with van der Waals surface area (Å²) in [4.78, 5) is 0.279. The third-order valence-electron chi connectivity index (χ3n) is 3.51. The average Bonchev–Trinajstić information content (AvgIpc) is 2.52. The minimum Gasteiger partial charge on any atom is -0.356 e. The van der Waals surface area contributed by atoms with Crippen LogP contribution in [0.4, 0.5) is 10.1 Å². The lowest BCUT2D eigenvalue weighted by atomic mass is 10.1. The van der Waals surface area contributed by atoms with Crippen molar-refractivity contribution >= 4 is 32.9 Å². The SMILES string of the molecule is CC[C@H](NC(=S)Nc1cccc(F)c1)c1ccc(S(C)(=O)=O)cc1. The quantitative estimate of drug-likeness (QED) is 0.791. The molecule has 4 nitrogen and oxygen atoms in total. The summed E-state index contributed by atoms with van der Waals surface area (Å²) in [5.74, 6) is -0.341. The molecule has 0 heterocycles. The second-order valence-electron chi connectivity index (χ2n) is 5.41. The van der Waals surface area contributed by atoms with Gasteiger partial charge in [0.15, 0.2) is 14.9 Å². The van der Waals surface area contributed by atoms with Gasteiger partial charge in [0.05, 0.1) is 10.9 Å². The molecular formula is C17H19FN2O2S2. The van der Waals surface area contributed by atoms with Gasteiger partial charge in [-0.05, 0) is 54.5 Å². The summed E-state index contributed by atoms with van der Waals surface area (Å²) in [6.45, 7) is 1.99. The summed E-state index contributed by atoms with van der Waals surface area (Å²) in [5.41, 5.74) is 1.49. The van der Waals surface area contributed by atoms with Crippen LogP contribution in [0, 0.1) is 5.82 Å².